The maximum Gasteiger partial charge on any atom is 0.0904 e. The molecule has 1 heterocycles. The molecule has 1 rings (SSSR count). The van der Waals surface area contributed by atoms with Crippen molar-refractivity contribution in [1.29, 1.82) is 0 Å². The van der Waals surface area contributed by atoms with E-state index < -0.39 is 0 Å². The summed E-state index contributed by atoms with van der Waals surface area (Å²) in [7, 11) is 8.44. The quantitative estimate of drug-likeness (QED) is 0.494. The summed E-state index contributed by atoms with van der Waals surface area (Å²) < 4.78 is 0. The molecule has 106 valence electrons. The van der Waals surface area contributed by atoms with Crippen LogP contribution in [0.3, 0.4) is 0 Å². The van der Waals surface area contributed by atoms with Gasteiger partial charge in [0.25, 0.3) is 0 Å². The van der Waals surface area contributed by atoms with Crippen LogP contribution in [0.25, 0.3) is 0 Å². The highest BCUT2D eigenvalue weighted by atomic mass is 15.5. The van der Waals surface area contributed by atoms with Gasteiger partial charge >= 0.3 is 0 Å². The average molecular weight is 256 g/mol. The number of rotatable bonds is 7. The van der Waals surface area contributed by atoms with Gasteiger partial charge in [-0.25, -0.2) is 10.4 Å². The lowest BCUT2D eigenvalue weighted by molar-refractivity contribution is 0.106. The molecule has 0 spiro atoms. The summed E-state index contributed by atoms with van der Waals surface area (Å²) in [6.07, 6.45) is 2.07. The minimum absolute atomic E-state index is 0.412. The molecule has 0 fully saturated rings. The molecular formula is C12H28N6. The van der Waals surface area contributed by atoms with E-state index in [1.165, 1.54) is 0 Å². The molecule has 0 aromatic carbocycles. The van der Waals surface area contributed by atoms with Crippen LogP contribution in [0.15, 0.2) is 4.99 Å². The summed E-state index contributed by atoms with van der Waals surface area (Å²) in [5, 5.41) is 2.09. The van der Waals surface area contributed by atoms with Crippen molar-refractivity contribution in [2.45, 2.75) is 13.0 Å². The zero-order chi connectivity index (χ0) is 13.5. The molecule has 0 aliphatic carbocycles. The smallest absolute Gasteiger partial charge is 0.0904 e. The maximum absolute atomic E-state index is 4.37. The molecule has 6 nitrogen and oxygen atoms in total. The van der Waals surface area contributed by atoms with Crippen molar-refractivity contribution in [1.82, 2.24) is 25.1 Å². The molecule has 1 atom stereocenters. The van der Waals surface area contributed by atoms with Gasteiger partial charge in [0.05, 0.1) is 26.0 Å². The van der Waals surface area contributed by atoms with Crippen molar-refractivity contribution in [3.63, 3.8) is 0 Å². The Hall–Kier alpha value is -0.530. The van der Waals surface area contributed by atoms with Gasteiger partial charge in [0.1, 0.15) is 0 Å². The van der Waals surface area contributed by atoms with Gasteiger partial charge in [-0.15, -0.1) is 0 Å². The van der Waals surface area contributed by atoms with Crippen molar-refractivity contribution < 1.29 is 0 Å². The molecule has 1 N–H and O–H groups in total. The summed E-state index contributed by atoms with van der Waals surface area (Å²) >= 11 is 0. The van der Waals surface area contributed by atoms with Gasteiger partial charge in [0.15, 0.2) is 0 Å². The van der Waals surface area contributed by atoms with Crippen LogP contribution < -0.4 is 5.43 Å². The molecule has 1 aliphatic heterocycles. The minimum atomic E-state index is 0.412. The predicted molar refractivity (Wildman–Crippen MR) is 76.5 cm³/mol. The van der Waals surface area contributed by atoms with Crippen LogP contribution in [-0.2, 0) is 0 Å². The van der Waals surface area contributed by atoms with Gasteiger partial charge in [0, 0.05) is 26.4 Å². The lowest BCUT2D eigenvalue weighted by atomic mass is 10.2. The topological polar surface area (TPSA) is 37.4 Å². The Balaban J connectivity index is 2.28. The summed E-state index contributed by atoms with van der Waals surface area (Å²) in [5.41, 5.74) is 3.34. The Morgan fingerprint density at radius 2 is 2.11 bits per heavy atom. The average Bonchev–Trinajstić information content (AvgIpc) is 2.35. The van der Waals surface area contributed by atoms with Crippen LogP contribution in [0.5, 0.6) is 0 Å². The standard InChI is InChI=1S/C12H28N6/c1-6-18(5)14-10-16(3)11-17(4)12-7-13-9-15(2)8-12/h7,12,14H,6,8-11H2,1-5H3. The highest BCUT2D eigenvalue weighted by Gasteiger charge is 2.18. The van der Waals surface area contributed by atoms with Crippen LogP contribution in [-0.4, -0.2) is 93.3 Å². The van der Waals surface area contributed by atoms with Crippen molar-refractivity contribution in [2.75, 3.05) is 61.3 Å². The van der Waals surface area contributed by atoms with Crippen molar-refractivity contribution >= 4 is 6.21 Å². The number of hydrogen-bond acceptors (Lipinski definition) is 6. The monoisotopic (exact) mass is 256 g/mol. The number of hydrazine groups is 1. The zero-order valence-electron chi connectivity index (χ0n) is 12.4. The van der Waals surface area contributed by atoms with E-state index in [9.17, 15) is 0 Å². The Bertz CT molecular complexity index is 257. The van der Waals surface area contributed by atoms with Gasteiger partial charge in [-0.1, -0.05) is 6.92 Å². The van der Waals surface area contributed by atoms with Crippen LogP contribution >= 0.6 is 0 Å². The highest BCUT2D eigenvalue weighted by molar-refractivity contribution is 5.65. The maximum atomic E-state index is 4.37. The normalized spacial score (nSPS) is 21.4. The number of nitrogens with one attached hydrogen (secondary N) is 1. The third kappa shape index (κ3) is 5.41. The first-order chi connectivity index (χ1) is 8.52. The molecule has 0 bridgehead atoms. The number of likely N-dealkylation sites (N-methyl/N-ethyl adjacent to an activating group) is 2. The SMILES string of the molecule is CCN(C)NCN(C)CN(C)C1C=NCN(C)C1. The van der Waals surface area contributed by atoms with E-state index >= 15 is 0 Å². The predicted octanol–water partition coefficient (Wildman–Crippen LogP) is -0.436. The van der Waals surface area contributed by atoms with E-state index in [1.54, 1.807) is 0 Å². The molecule has 0 radical (unpaired) electrons. The lowest BCUT2D eigenvalue weighted by Crippen LogP contribution is -2.50. The third-order valence-corrected chi connectivity index (χ3v) is 3.21. The molecule has 0 saturated heterocycles. The second-order valence-corrected chi connectivity index (χ2v) is 5.16. The second-order valence-electron chi connectivity index (χ2n) is 5.16. The van der Waals surface area contributed by atoms with Gasteiger partial charge in [-0.2, -0.15) is 0 Å². The largest absolute Gasteiger partial charge is 0.286 e. The second kappa shape index (κ2) is 7.81. The minimum Gasteiger partial charge on any atom is -0.286 e. The van der Waals surface area contributed by atoms with Crippen molar-refractivity contribution in [3.8, 4) is 0 Å². The Morgan fingerprint density at radius 3 is 2.72 bits per heavy atom. The zero-order valence-corrected chi connectivity index (χ0v) is 12.4. The first-order valence-electron chi connectivity index (χ1n) is 6.54. The lowest BCUT2D eigenvalue weighted by Gasteiger charge is -2.34. The molecule has 0 saturated carbocycles. The van der Waals surface area contributed by atoms with Crippen LogP contribution in [0, 0.1) is 0 Å². The Kier molecular flexibility index (Phi) is 6.73. The van der Waals surface area contributed by atoms with Crippen LogP contribution in [0.1, 0.15) is 6.92 Å². The first-order valence-corrected chi connectivity index (χ1v) is 6.54. The highest BCUT2D eigenvalue weighted by Crippen LogP contribution is 2.02. The summed E-state index contributed by atoms with van der Waals surface area (Å²) in [6.45, 7) is 6.79. The van der Waals surface area contributed by atoms with Crippen molar-refractivity contribution in [3.05, 3.63) is 0 Å². The van der Waals surface area contributed by atoms with E-state index in [1.807, 2.05) is 0 Å². The third-order valence-electron chi connectivity index (χ3n) is 3.21. The molecular weight excluding hydrogens is 228 g/mol. The van der Waals surface area contributed by atoms with Crippen LogP contribution in [0.4, 0.5) is 0 Å². The Labute approximate surface area is 111 Å². The van der Waals surface area contributed by atoms with Crippen LogP contribution in [0.2, 0.25) is 0 Å². The van der Waals surface area contributed by atoms with E-state index in [0.717, 1.165) is 33.1 Å². The van der Waals surface area contributed by atoms with Gasteiger partial charge in [-0.05, 0) is 21.1 Å². The van der Waals surface area contributed by atoms with E-state index in [0.29, 0.717) is 6.04 Å². The fourth-order valence-electron chi connectivity index (χ4n) is 1.87. The van der Waals surface area contributed by atoms with E-state index in [2.05, 4.69) is 71.5 Å². The summed E-state index contributed by atoms with van der Waals surface area (Å²) in [4.78, 5) is 11.2. The Morgan fingerprint density at radius 1 is 1.39 bits per heavy atom. The van der Waals surface area contributed by atoms with Crippen molar-refractivity contribution in [2.24, 2.45) is 4.99 Å². The summed E-state index contributed by atoms with van der Waals surface area (Å²) in [6, 6.07) is 0.412. The van der Waals surface area contributed by atoms with Gasteiger partial charge in [-0.3, -0.25) is 19.7 Å². The van der Waals surface area contributed by atoms with E-state index in [4.69, 9.17) is 0 Å². The molecule has 0 amide bonds. The molecule has 18 heavy (non-hydrogen) atoms. The van der Waals surface area contributed by atoms with E-state index in [-0.39, 0.29) is 0 Å². The molecule has 6 heteroatoms. The number of nitrogens with zero attached hydrogens (tertiary/aromatic N) is 5. The molecule has 1 aliphatic rings. The number of hydrogen-bond donors (Lipinski definition) is 1. The van der Waals surface area contributed by atoms with Gasteiger partial charge < -0.3 is 0 Å². The fourth-order valence-corrected chi connectivity index (χ4v) is 1.87. The molecule has 1 unspecified atom stereocenters. The fraction of sp³-hybridized carbons (Fsp3) is 0.917. The number of aliphatic imine (C=N–C) groups is 1. The molecule has 0 aromatic heterocycles. The summed E-state index contributed by atoms with van der Waals surface area (Å²) in [5.74, 6) is 0. The molecule has 0 aromatic rings. The first kappa shape index (κ1) is 15.5. The van der Waals surface area contributed by atoms with Gasteiger partial charge in [0.2, 0.25) is 0 Å².